The van der Waals surface area contributed by atoms with Gasteiger partial charge in [0.25, 0.3) is 0 Å². The van der Waals surface area contributed by atoms with Gasteiger partial charge in [-0.1, -0.05) is 0 Å². The molecule has 3 rings (SSSR count). The number of likely N-dealkylation sites (N-methyl/N-ethyl adjacent to an activating group) is 2. The van der Waals surface area contributed by atoms with Crippen LogP contribution < -0.4 is 14.9 Å². The standard InChI is InChI=1S/C23H32N2O4/c1-24(2,3)11-13-27-17-8-10-21-20(15-17)23(26)19-9-7-18(16-22(19)29-21)28-14-12-25(4,5)6/h7-10,15-16H,11-14H2,1-6H3/q+2. The van der Waals surface area contributed by atoms with E-state index in [4.69, 9.17) is 13.9 Å². The van der Waals surface area contributed by atoms with E-state index in [0.29, 0.717) is 46.7 Å². The van der Waals surface area contributed by atoms with Gasteiger partial charge in [0.1, 0.15) is 49.0 Å². The molecule has 0 radical (unpaired) electrons. The topological polar surface area (TPSA) is 48.7 Å². The molecule has 0 atom stereocenters. The molecule has 29 heavy (non-hydrogen) atoms. The van der Waals surface area contributed by atoms with Crippen LogP contribution in [0.3, 0.4) is 0 Å². The summed E-state index contributed by atoms with van der Waals surface area (Å²) in [5.41, 5.74) is 1.02. The van der Waals surface area contributed by atoms with Gasteiger partial charge in [0, 0.05) is 6.07 Å². The van der Waals surface area contributed by atoms with Crippen LogP contribution in [0.15, 0.2) is 45.6 Å². The molecule has 0 saturated carbocycles. The highest BCUT2D eigenvalue weighted by Gasteiger charge is 2.12. The van der Waals surface area contributed by atoms with Crippen LogP contribution in [-0.4, -0.2) is 77.6 Å². The van der Waals surface area contributed by atoms with E-state index in [9.17, 15) is 4.79 Å². The van der Waals surface area contributed by atoms with Gasteiger partial charge in [-0.3, -0.25) is 4.79 Å². The maximum Gasteiger partial charge on any atom is 0.200 e. The zero-order chi connectivity index (χ0) is 21.2. The molecule has 2 aromatic carbocycles. The van der Waals surface area contributed by atoms with Crippen LogP contribution in [0.4, 0.5) is 0 Å². The van der Waals surface area contributed by atoms with Crippen molar-refractivity contribution in [1.82, 2.24) is 0 Å². The number of hydrogen-bond donors (Lipinski definition) is 0. The first-order chi connectivity index (χ1) is 13.5. The minimum absolute atomic E-state index is 0.0591. The fraction of sp³-hybridized carbons (Fsp3) is 0.435. The van der Waals surface area contributed by atoms with Crippen LogP contribution in [0.5, 0.6) is 11.5 Å². The van der Waals surface area contributed by atoms with Crippen LogP contribution in [0.2, 0.25) is 0 Å². The summed E-state index contributed by atoms with van der Waals surface area (Å²) in [6.07, 6.45) is 0. The number of rotatable bonds is 8. The summed E-state index contributed by atoms with van der Waals surface area (Å²) in [6, 6.07) is 10.8. The maximum absolute atomic E-state index is 13.0. The van der Waals surface area contributed by atoms with Gasteiger partial charge in [-0.05, 0) is 30.3 Å². The van der Waals surface area contributed by atoms with Crippen molar-refractivity contribution in [2.45, 2.75) is 0 Å². The molecule has 0 unspecified atom stereocenters. The predicted octanol–water partition coefficient (Wildman–Crippen LogP) is 3.12. The highest BCUT2D eigenvalue weighted by atomic mass is 16.5. The van der Waals surface area contributed by atoms with Crippen molar-refractivity contribution in [2.75, 3.05) is 68.6 Å². The van der Waals surface area contributed by atoms with Gasteiger partial charge < -0.3 is 22.9 Å². The maximum atomic E-state index is 13.0. The lowest BCUT2D eigenvalue weighted by molar-refractivity contribution is -0.870. The summed E-state index contributed by atoms with van der Waals surface area (Å²) >= 11 is 0. The average molecular weight is 401 g/mol. The molecular formula is C23H32N2O4+2. The summed E-state index contributed by atoms with van der Waals surface area (Å²) in [5.74, 6) is 1.38. The Morgan fingerprint density at radius 1 is 0.724 bits per heavy atom. The van der Waals surface area contributed by atoms with Crippen molar-refractivity contribution in [2.24, 2.45) is 0 Å². The number of ether oxygens (including phenoxy) is 2. The van der Waals surface area contributed by atoms with Crippen LogP contribution in [0.1, 0.15) is 0 Å². The van der Waals surface area contributed by atoms with E-state index < -0.39 is 0 Å². The van der Waals surface area contributed by atoms with Crippen LogP contribution in [0.25, 0.3) is 21.9 Å². The van der Waals surface area contributed by atoms with Crippen molar-refractivity contribution in [3.05, 3.63) is 46.6 Å². The molecule has 3 aromatic rings. The van der Waals surface area contributed by atoms with Crippen molar-refractivity contribution in [1.29, 1.82) is 0 Å². The molecule has 1 aromatic heterocycles. The first-order valence-electron chi connectivity index (χ1n) is 9.89. The van der Waals surface area contributed by atoms with E-state index in [1.807, 2.05) is 12.1 Å². The van der Waals surface area contributed by atoms with Crippen LogP contribution >= 0.6 is 0 Å². The molecule has 0 bridgehead atoms. The second-order valence-corrected chi connectivity index (χ2v) is 9.47. The highest BCUT2D eigenvalue weighted by molar-refractivity contribution is 5.90. The van der Waals surface area contributed by atoms with Crippen molar-refractivity contribution < 1.29 is 22.9 Å². The van der Waals surface area contributed by atoms with E-state index >= 15 is 0 Å². The van der Waals surface area contributed by atoms with Gasteiger partial charge in [-0.2, -0.15) is 0 Å². The fourth-order valence-corrected chi connectivity index (χ4v) is 2.87. The van der Waals surface area contributed by atoms with Gasteiger partial charge in [0.15, 0.2) is 0 Å². The Morgan fingerprint density at radius 3 is 1.86 bits per heavy atom. The quantitative estimate of drug-likeness (QED) is 0.431. The molecule has 156 valence electrons. The minimum atomic E-state index is -0.0591. The molecule has 0 N–H and O–H groups in total. The highest BCUT2D eigenvalue weighted by Crippen LogP contribution is 2.25. The molecule has 6 nitrogen and oxygen atoms in total. The zero-order valence-electron chi connectivity index (χ0n) is 18.3. The predicted molar refractivity (Wildman–Crippen MR) is 117 cm³/mol. The monoisotopic (exact) mass is 400 g/mol. The Bertz CT molecular complexity index is 1060. The number of benzene rings is 2. The van der Waals surface area contributed by atoms with Crippen molar-refractivity contribution in [3.8, 4) is 11.5 Å². The van der Waals surface area contributed by atoms with Gasteiger partial charge in [-0.15, -0.1) is 0 Å². The van der Waals surface area contributed by atoms with Crippen LogP contribution in [0, 0.1) is 0 Å². The van der Waals surface area contributed by atoms with Crippen molar-refractivity contribution in [3.63, 3.8) is 0 Å². The first-order valence-corrected chi connectivity index (χ1v) is 9.89. The Morgan fingerprint density at radius 2 is 1.28 bits per heavy atom. The lowest BCUT2D eigenvalue weighted by Gasteiger charge is -2.23. The van der Waals surface area contributed by atoms with E-state index in [2.05, 4.69) is 42.3 Å². The van der Waals surface area contributed by atoms with E-state index in [1.54, 1.807) is 24.3 Å². The first kappa shape index (κ1) is 21.1. The normalized spacial score (nSPS) is 12.5. The molecule has 6 heteroatoms. The molecule has 0 spiro atoms. The lowest BCUT2D eigenvalue weighted by Crippen LogP contribution is -2.38. The van der Waals surface area contributed by atoms with E-state index in [0.717, 1.165) is 22.1 Å². The summed E-state index contributed by atoms with van der Waals surface area (Å²) < 4.78 is 19.3. The third-order valence-electron chi connectivity index (χ3n) is 4.67. The molecule has 0 fully saturated rings. The van der Waals surface area contributed by atoms with Crippen molar-refractivity contribution >= 4 is 21.9 Å². The zero-order valence-corrected chi connectivity index (χ0v) is 18.3. The second kappa shape index (κ2) is 8.05. The summed E-state index contributed by atoms with van der Waals surface area (Å²) in [6.45, 7) is 2.94. The molecule has 0 amide bonds. The lowest BCUT2D eigenvalue weighted by atomic mass is 10.1. The van der Waals surface area contributed by atoms with E-state index in [-0.39, 0.29) is 5.43 Å². The molecular weight excluding hydrogens is 368 g/mol. The van der Waals surface area contributed by atoms with Gasteiger partial charge >= 0.3 is 0 Å². The van der Waals surface area contributed by atoms with Crippen LogP contribution in [-0.2, 0) is 0 Å². The Balaban J connectivity index is 1.84. The smallest absolute Gasteiger partial charge is 0.200 e. The number of nitrogens with zero attached hydrogens (tertiary/aromatic N) is 2. The molecule has 0 aliphatic rings. The molecule has 1 heterocycles. The number of hydrogen-bond acceptors (Lipinski definition) is 4. The third kappa shape index (κ3) is 5.71. The average Bonchev–Trinajstić information content (AvgIpc) is 2.60. The van der Waals surface area contributed by atoms with E-state index in [1.165, 1.54) is 0 Å². The Labute approximate surface area is 172 Å². The van der Waals surface area contributed by atoms with Gasteiger partial charge in [0.05, 0.1) is 53.1 Å². The molecule has 0 aliphatic carbocycles. The largest absolute Gasteiger partial charge is 0.488 e. The van der Waals surface area contributed by atoms with Gasteiger partial charge in [-0.25, -0.2) is 0 Å². The molecule has 0 aliphatic heterocycles. The Hall–Kier alpha value is -2.57. The SMILES string of the molecule is C[N+](C)(C)CCOc1ccc2c(=O)c3cc(OCC[N+](C)(C)C)ccc3oc2c1. The minimum Gasteiger partial charge on any atom is -0.488 e. The fourth-order valence-electron chi connectivity index (χ4n) is 2.87. The second-order valence-electron chi connectivity index (χ2n) is 9.47. The summed E-state index contributed by atoms with van der Waals surface area (Å²) in [5, 5.41) is 1.07. The number of quaternary nitrogens is 2. The van der Waals surface area contributed by atoms with Gasteiger partial charge in [0.2, 0.25) is 5.43 Å². The Kier molecular flexibility index (Phi) is 5.87. The third-order valence-corrected chi connectivity index (χ3v) is 4.67. The summed E-state index contributed by atoms with van der Waals surface area (Å²) in [4.78, 5) is 13.0. The summed E-state index contributed by atoms with van der Waals surface area (Å²) in [7, 11) is 12.7. The number of fused-ring (bicyclic) bond motifs is 2. The molecule has 0 saturated heterocycles.